The molecular weight excluding hydrogens is 264 g/mol. The SMILES string of the molecule is N[C@@H]1C[C@H](C(=O)NCc2ccc3c(c2)CCCC3)C[C@H]1O. The molecule has 2 aliphatic rings. The van der Waals surface area contributed by atoms with Crippen LogP contribution in [0.1, 0.15) is 42.4 Å². The fraction of sp³-hybridized carbons (Fsp3) is 0.588. The van der Waals surface area contributed by atoms with Crippen LogP contribution < -0.4 is 11.1 Å². The molecule has 1 amide bonds. The Morgan fingerprint density at radius 3 is 2.71 bits per heavy atom. The van der Waals surface area contributed by atoms with Crippen LogP contribution in [0.2, 0.25) is 0 Å². The van der Waals surface area contributed by atoms with Gasteiger partial charge in [0.2, 0.25) is 5.91 Å². The molecule has 0 aromatic heterocycles. The van der Waals surface area contributed by atoms with Crippen molar-refractivity contribution < 1.29 is 9.90 Å². The summed E-state index contributed by atoms with van der Waals surface area (Å²) in [7, 11) is 0. The average molecular weight is 288 g/mol. The highest BCUT2D eigenvalue weighted by atomic mass is 16.3. The summed E-state index contributed by atoms with van der Waals surface area (Å²) < 4.78 is 0. The lowest BCUT2D eigenvalue weighted by Gasteiger charge is -2.17. The fourth-order valence-electron chi connectivity index (χ4n) is 3.49. The molecule has 4 N–H and O–H groups in total. The van der Waals surface area contributed by atoms with Gasteiger partial charge in [0.1, 0.15) is 0 Å². The van der Waals surface area contributed by atoms with Gasteiger partial charge in [0.15, 0.2) is 0 Å². The first-order valence-corrected chi connectivity index (χ1v) is 7.95. The van der Waals surface area contributed by atoms with Crippen LogP contribution in [0.5, 0.6) is 0 Å². The number of amides is 1. The van der Waals surface area contributed by atoms with Crippen LogP contribution >= 0.6 is 0 Å². The third kappa shape index (κ3) is 3.27. The first kappa shape index (κ1) is 14.5. The zero-order chi connectivity index (χ0) is 14.8. The third-order valence-electron chi connectivity index (χ3n) is 4.83. The molecule has 0 unspecified atom stereocenters. The Morgan fingerprint density at radius 2 is 2.00 bits per heavy atom. The summed E-state index contributed by atoms with van der Waals surface area (Å²) in [5.41, 5.74) is 9.81. The van der Waals surface area contributed by atoms with Crippen molar-refractivity contribution >= 4 is 5.91 Å². The van der Waals surface area contributed by atoms with Gasteiger partial charge in [-0.25, -0.2) is 0 Å². The van der Waals surface area contributed by atoms with E-state index < -0.39 is 6.10 Å². The normalized spacial score (nSPS) is 28.2. The van der Waals surface area contributed by atoms with E-state index in [1.54, 1.807) is 0 Å². The van der Waals surface area contributed by atoms with Gasteiger partial charge in [-0.15, -0.1) is 0 Å². The second kappa shape index (κ2) is 6.16. The second-order valence-electron chi connectivity index (χ2n) is 6.43. The van der Waals surface area contributed by atoms with Crippen molar-refractivity contribution in [2.24, 2.45) is 11.7 Å². The van der Waals surface area contributed by atoms with E-state index in [4.69, 9.17) is 5.73 Å². The lowest BCUT2D eigenvalue weighted by Crippen LogP contribution is -2.30. The highest BCUT2D eigenvalue weighted by Crippen LogP contribution is 2.25. The summed E-state index contributed by atoms with van der Waals surface area (Å²) in [5, 5.41) is 12.6. The third-order valence-corrected chi connectivity index (χ3v) is 4.83. The van der Waals surface area contributed by atoms with Crippen molar-refractivity contribution in [3.05, 3.63) is 34.9 Å². The number of nitrogens with two attached hydrogens (primary N) is 1. The van der Waals surface area contributed by atoms with E-state index in [9.17, 15) is 9.90 Å². The minimum atomic E-state index is -0.538. The van der Waals surface area contributed by atoms with Gasteiger partial charge in [-0.3, -0.25) is 4.79 Å². The van der Waals surface area contributed by atoms with Gasteiger partial charge in [-0.2, -0.15) is 0 Å². The van der Waals surface area contributed by atoms with Crippen LogP contribution in [-0.2, 0) is 24.2 Å². The Labute approximate surface area is 125 Å². The van der Waals surface area contributed by atoms with Crippen LogP contribution in [0.15, 0.2) is 18.2 Å². The maximum atomic E-state index is 12.1. The van der Waals surface area contributed by atoms with Crippen molar-refractivity contribution in [2.75, 3.05) is 0 Å². The van der Waals surface area contributed by atoms with E-state index in [1.807, 2.05) is 0 Å². The number of carbonyl (C=O) groups is 1. The molecule has 3 atom stereocenters. The number of aliphatic hydroxyl groups excluding tert-OH is 1. The van der Waals surface area contributed by atoms with Gasteiger partial charge < -0.3 is 16.2 Å². The van der Waals surface area contributed by atoms with E-state index in [2.05, 4.69) is 23.5 Å². The zero-order valence-electron chi connectivity index (χ0n) is 12.3. The van der Waals surface area contributed by atoms with Gasteiger partial charge in [-0.1, -0.05) is 18.2 Å². The number of fused-ring (bicyclic) bond motifs is 1. The molecule has 21 heavy (non-hydrogen) atoms. The molecule has 1 aromatic carbocycles. The number of rotatable bonds is 3. The molecule has 3 rings (SSSR count). The van der Waals surface area contributed by atoms with Crippen LogP contribution in [0.3, 0.4) is 0 Å². The van der Waals surface area contributed by atoms with Gasteiger partial charge in [0.05, 0.1) is 6.10 Å². The number of aliphatic hydroxyl groups is 1. The van der Waals surface area contributed by atoms with Crippen molar-refractivity contribution in [2.45, 2.75) is 57.2 Å². The number of hydrogen-bond acceptors (Lipinski definition) is 3. The molecule has 2 aliphatic carbocycles. The number of benzene rings is 1. The Hall–Kier alpha value is -1.39. The standard InChI is InChI=1S/C17H24N2O2/c18-15-8-14(9-16(15)20)17(21)19-10-11-5-6-12-3-1-2-4-13(12)7-11/h5-7,14-16,20H,1-4,8-10,18H2,(H,19,21)/t14-,15+,16+/m0/s1. The minimum absolute atomic E-state index is 0.0136. The number of carbonyl (C=O) groups excluding carboxylic acids is 1. The first-order chi connectivity index (χ1) is 10.1. The molecule has 0 heterocycles. The molecular formula is C17H24N2O2. The van der Waals surface area contributed by atoms with Gasteiger partial charge in [0, 0.05) is 18.5 Å². The summed E-state index contributed by atoms with van der Waals surface area (Å²) in [4.78, 5) is 12.1. The Balaban J connectivity index is 1.56. The monoisotopic (exact) mass is 288 g/mol. The van der Waals surface area contributed by atoms with Crippen LogP contribution in [-0.4, -0.2) is 23.2 Å². The second-order valence-corrected chi connectivity index (χ2v) is 6.43. The number of hydrogen-bond donors (Lipinski definition) is 3. The van der Waals surface area contributed by atoms with E-state index in [1.165, 1.54) is 30.4 Å². The van der Waals surface area contributed by atoms with Crippen molar-refractivity contribution in [3.8, 4) is 0 Å². The molecule has 4 heteroatoms. The lowest BCUT2D eigenvalue weighted by molar-refractivity contribution is -0.125. The van der Waals surface area contributed by atoms with Crippen molar-refractivity contribution in [1.29, 1.82) is 0 Å². The summed E-state index contributed by atoms with van der Waals surface area (Å²) >= 11 is 0. The maximum Gasteiger partial charge on any atom is 0.223 e. The number of aryl methyl sites for hydroxylation is 2. The molecule has 4 nitrogen and oxygen atoms in total. The quantitative estimate of drug-likeness (QED) is 0.784. The van der Waals surface area contributed by atoms with Crippen molar-refractivity contribution in [3.63, 3.8) is 0 Å². The van der Waals surface area contributed by atoms with Gasteiger partial charge in [-0.05, 0) is 55.2 Å². The summed E-state index contributed by atoms with van der Waals surface area (Å²) in [6.07, 6.45) is 5.41. The summed E-state index contributed by atoms with van der Waals surface area (Å²) in [5.74, 6) is -0.132. The predicted molar refractivity (Wildman–Crippen MR) is 81.6 cm³/mol. The molecule has 1 aromatic rings. The Kier molecular flexibility index (Phi) is 4.27. The first-order valence-electron chi connectivity index (χ1n) is 7.95. The fourth-order valence-corrected chi connectivity index (χ4v) is 3.49. The highest BCUT2D eigenvalue weighted by Gasteiger charge is 2.34. The molecule has 0 saturated heterocycles. The summed E-state index contributed by atoms with van der Waals surface area (Å²) in [6, 6.07) is 6.28. The molecule has 0 bridgehead atoms. The molecule has 114 valence electrons. The van der Waals surface area contributed by atoms with E-state index in [0.29, 0.717) is 19.4 Å². The molecule has 0 radical (unpaired) electrons. The molecule has 1 saturated carbocycles. The topological polar surface area (TPSA) is 75.4 Å². The van der Waals surface area contributed by atoms with Gasteiger partial charge in [0.25, 0.3) is 0 Å². The van der Waals surface area contributed by atoms with Crippen molar-refractivity contribution in [1.82, 2.24) is 5.32 Å². The Morgan fingerprint density at radius 1 is 1.24 bits per heavy atom. The molecule has 1 fully saturated rings. The Bertz CT molecular complexity index is 520. The zero-order valence-corrected chi connectivity index (χ0v) is 12.3. The van der Waals surface area contributed by atoms with Crippen LogP contribution in [0.4, 0.5) is 0 Å². The van der Waals surface area contributed by atoms with E-state index >= 15 is 0 Å². The van der Waals surface area contributed by atoms with Crippen LogP contribution in [0.25, 0.3) is 0 Å². The van der Waals surface area contributed by atoms with E-state index in [0.717, 1.165) is 12.0 Å². The molecule has 0 spiro atoms. The van der Waals surface area contributed by atoms with Crippen LogP contribution in [0, 0.1) is 5.92 Å². The van der Waals surface area contributed by atoms with Gasteiger partial charge >= 0.3 is 0 Å². The highest BCUT2D eigenvalue weighted by molar-refractivity contribution is 5.79. The average Bonchev–Trinajstić information content (AvgIpc) is 2.84. The predicted octanol–water partition coefficient (Wildman–Crippen LogP) is 1.28. The smallest absolute Gasteiger partial charge is 0.223 e. The van der Waals surface area contributed by atoms with E-state index in [-0.39, 0.29) is 17.9 Å². The lowest BCUT2D eigenvalue weighted by atomic mass is 9.90. The maximum absolute atomic E-state index is 12.1. The minimum Gasteiger partial charge on any atom is -0.391 e. The largest absolute Gasteiger partial charge is 0.391 e. The summed E-state index contributed by atoms with van der Waals surface area (Å²) in [6.45, 7) is 0.563. The number of nitrogens with one attached hydrogen (secondary N) is 1. The molecule has 0 aliphatic heterocycles.